The van der Waals surface area contributed by atoms with Crippen molar-refractivity contribution in [2.75, 3.05) is 13.7 Å². The molecule has 0 fully saturated rings. The van der Waals surface area contributed by atoms with Gasteiger partial charge in [0.15, 0.2) is 6.61 Å². The van der Waals surface area contributed by atoms with E-state index in [0.717, 1.165) is 19.3 Å². The number of hydrogen-bond donors (Lipinski definition) is 0. The van der Waals surface area contributed by atoms with Gasteiger partial charge in [0.05, 0.1) is 7.11 Å². The van der Waals surface area contributed by atoms with Gasteiger partial charge in [0.1, 0.15) is 23.7 Å². The van der Waals surface area contributed by atoms with Crippen molar-refractivity contribution in [3.05, 3.63) is 69.6 Å². The first-order valence-corrected chi connectivity index (χ1v) is 9.13. The van der Waals surface area contributed by atoms with E-state index in [1.54, 1.807) is 18.2 Å². The molecule has 0 unspecified atom stereocenters. The Morgan fingerprint density at radius 1 is 1.04 bits per heavy atom. The zero-order chi connectivity index (χ0) is 19.5. The maximum atomic E-state index is 12.1. The first-order chi connectivity index (χ1) is 13.6. The molecule has 1 aliphatic carbocycles. The van der Waals surface area contributed by atoms with Crippen LogP contribution in [0.3, 0.4) is 0 Å². The molecule has 3 aromatic rings. The lowest BCUT2D eigenvalue weighted by Crippen LogP contribution is -2.15. The summed E-state index contributed by atoms with van der Waals surface area (Å²) in [6.07, 6.45) is 3.31. The van der Waals surface area contributed by atoms with Crippen LogP contribution in [0.2, 0.25) is 0 Å². The number of esters is 1. The molecule has 0 amide bonds. The Morgan fingerprint density at radius 2 is 1.86 bits per heavy atom. The summed E-state index contributed by atoms with van der Waals surface area (Å²) in [6, 6.07) is 12.4. The van der Waals surface area contributed by atoms with Crippen LogP contribution in [0.5, 0.6) is 11.5 Å². The highest BCUT2D eigenvalue weighted by Crippen LogP contribution is 2.26. The van der Waals surface area contributed by atoms with Crippen LogP contribution in [-0.4, -0.2) is 19.7 Å². The average Bonchev–Trinajstić information content (AvgIpc) is 3.17. The predicted octanol–water partition coefficient (Wildman–Crippen LogP) is 3.41. The topological polar surface area (TPSA) is 75.0 Å². The Hall–Kier alpha value is -3.28. The highest BCUT2D eigenvalue weighted by atomic mass is 16.6. The average molecular weight is 380 g/mol. The van der Waals surface area contributed by atoms with Gasteiger partial charge in [0, 0.05) is 23.1 Å². The largest absolute Gasteiger partial charge is 0.497 e. The van der Waals surface area contributed by atoms with E-state index in [4.69, 9.17) is 18.6 Å². The summed E-state index contributed by atoms with van der Waals surface area (Å²) in [6.45, 7) is -0.229. The Labute approximate surface area is 161 Å². The number of carbonyl (C=O) groups is 1. The zero-order valence-electron chi connectivity index (χ0n) is 15.5. The van der Waals surface area contributed by atoms with Crippen LogP contribution < -0.4 is 15.1 Å². The van der Waals surface area contributed by atoms with Gasteiger partial charge < -0.3 is 18.6 Å². The summed E-state index contributed by atoms with van der Waals surface area (Å²) in [7, 11) is 1.53. The van der Waals surface area contributed by atoms with Crippen LogP contribution in [-0.2, 0) is 29.0 Å². The maximum absolute atomic E-state index is 12.1. The van der Waals surface area contributed by atoms with Gasteiger partial charge in [-0.2, -0.15) is 0 Å². The third kappa shape index (κ3) is 3.86. The third-order valence-electron chi connectivity index (χ3n) is 4.85. The van der Waals surface area contributed by atoms with E-state index in [2.05, 4.69) is 0 Å². The Balaban J connectivity index is 1.40. The van der Waals surface area contributed by atoms with Gasteiger partial charge >= 0.3 is 11.6 Å². The SMILES string of the molecule is COc1ccc2c(COC(=O)COc3ccc4c(c3)CCC4)cc(=O)oc2c1. The van der Waals surface area contributed by atoms with Crippen LogP contribution in [0.4, 0.5) is 0 Å². The van der Waals surface area contributed by atoms with Crippen molar-refractivity contribution in [3.63, 3.8) is 0 Å². The molecule has 1 aliphatic rings. The molecule has 0 saturated heterocycles. The lowest BCUT2D eigenvalue weighted by Gasteiger charge is -2.10. The molecule has 0 saturated carbocycles. The van der Waals surface area contributed by atoms with E-state index in [1.165, 1.54) is 24.3 Å². The van der Waals surface area contributed by atoms with E-state index in [0.29, 0.717) is 28.0 Å². The minimum absolute atomic E-state index is 0.0409. The second-order valence-corrected chi connectivity index (χ2v) is 6.69. The molecule has 4 rings (SSSR count). The summed E-state index contributed by atoms with van der Waals surface area (Å²) < 4.78 is 21.2. The summed E-state index contributed by atoms with van der Waals surface area (Å²) in [5.41, 5.74) is 3.07. The standard InChI is InChI=1S/C22H20O6/c1-25-17-7-8-19-16(10-21(23)28-20(19)11-17)12-27-22(24)13-26-18-6-5-14-3-2-4-15(14)9-18/h5-11H,2-4,12-13H2,1H3. The number of methoxy groups -OCH3 is 1. The molecular weight excluding hydrogens is 360 g/mol. The monoisotopic (exact) mass is 380 g/mol. The molecule has 0 atom stereocenters. The van der Waals surface area contributed by atoms with Gasteiger partial charge in [-0.25, -0.2) is 9.59 Å². The van der Waals surface area contributed by atoms with E-state index in [9.17, 15) is 9.59 Å². The Kier molecular flexibility index (Phi) is 5.02. The van der Waals surface area contributed by atoms with Crippen molar-refractivity contribution in [3.8, 4) is 11.5 Å². The predicted molar refractivity (Wildman–Crippen MR) is 103 cm³/mol. The highest BCUT2D eigenvalue weighted by Gasteiger charge is 2.13. The van der Waals surface area contributed by atoms with Gasteiger partial charge in [0.25, 0.3) is 0 Å². The minimum atomic E-state index is -0.513. The van der Waals surface area contributed by atoms with Gasteiger partial charge in [-0.1, -0.05) is 6.07 Å². The molecule has 1 heterocycles. The first-order valence-electron chi connectivity index (χ1n) is 9.13. The fourth-order valence-corrected chi connectivity index (χ4v) is 3.44. The number of aryl methyl sites for hydroxylation is 2. The fourth-order valence-electron chi connectivity index (χ4n) is 3.44. The molecule has 6 heteroatoms. The smallest absolute Gasteiger partial charge is 0.344 e. The molecule has 6 nitrogen and oxygen atoms in total. The zero-order valence-corrected chi connectivity index (χ0v) is 15.5. The fraction of sp³-hybridized carbons (Fsp3) is 0.273. The molecule has 1 aromatic heterocycles. The quantitative estimate of drug-likeness (QED) is 0.482. The highest BCUT2D eigenvalue weighted by molar-refractivity contribution is 5.81. The van der Waals surface area contributed by atoms with Crippen LogP contribution >= 0.6 is 0 Å². The van der Waals surface area contributed by atoms with E-state index >= 15 is 0 Å². The lowest BCUT2D eigenvalue weighted by atomic mass is 10.1. The van der Waals surface area contributed by atoms with Crippen LogP contribution in [0.15, 0.2) is 51.7 Å². The van der Waals surface area contributed by atoms with Crippen molar-refractivity contribution in [2.45, 2.75) is 25.9 Å². The van der Waals surface area contributed by atoms with Gasteiger partial charge in [-0.15, -0.1) is 0 Å². The maximum Gasteiger partial charge on any atom is 0.344 e. The van der Waals surface area contributed by atoms with Crippen molar-refractivity contribution >= 4 is 16.9 Å². The first kappa shape index (κ1) is 18.1. The molecular formula is C22H20O6. The Bertz CT molecular complexity index is 1080. The third-order valence-corrected chi connectivity index (χ3v) is 4.85. The second kappa shape index (κ2) is 7.76. The van der Waals surface area contributed by atoms with Crippen LogP contribution in [0.1, 0.15) is 23.1 Å². The number of fused-ring (bicyclic) bond motifs is 2. The normalized spacial score (nSPS) is 12.6. The van der Waals surface area contributed by atoms with Crippen LogP contribution in [0, 0.1) is 0 Å². The molecule has 0 aliphatic heterocycles. The molecule has 2 aromatic carbocycles. The van der Waals surface area contributed by atoms with Gasteiger partial charge in [-0.05, 0) is 54.7 Å². The van der Waals surface area contributed by atoms with Crippen molar-refractivity contribution in [1.29, 1.82) is 0 Å². The van der Waals surface area contributed by atoms with Crippen molar-refractivity contribution in [1.82, 2.24) is 0 Å². The number of rotatable bonds is 6. The molecule has 28 heavy (non-hydrogen) atoms. The lowest BCUT2D eigenvalue weighted by molar-refractivity contribution is -0.147. The van der Waals surface area contributed by atoms with E-state index < -0.39 is 11.6 Å². The number of ether oxygens (including phenoxy) is 3. The van der Waals surface area contributed by atoms with Crippen molar-refractivity contribution in [2.24, 2.45) is 0 Å². The van der Waals surface area contributed by atoms with Gasteiger partial charge in [-0.3, -0.25) is 0 Å². The summed E-state index contributed by atoms with van der Waals surface area (Å²) in [5, 5.41) is 0.688. The van der Waals surface area contributed by atoms with E-state index in [-0.39, 0.29) is 13.2 Å². The summed E-state index contributed by atoms with van der Waals surface area (Å²) in [5.74, 6) is 0.735. The number of benzene rings is 2. The summed E-state index contributed by atoms with van der Waals surface area (Å²) in [4.78, 5) is 23.9. The molecule has 144 valence electrons. The second-order valence-electron chi connectivity index (χ2n) is 6.69. The molecule has 0 spiro atoms. The van der Waals surface area contributed by atoms with Crippen molar-refractivity contribution < 1.29 is 23.4 Å². The minimum Gasteiger partial charge on any atom is -0.497 e. The van der Waals surface area contributed by atoms with Crippen LogP contribution in [0.25, 0.3) is 11.0 Å². The number of hydrogen-bond acceptors (Lipinski definition) is 6. The Morgan fingerprint density at radius 3 is 2.71 bits per heavy atom. The van der Waals surface area contributed by atoms with Gasteiger partial charge in [0.2, 0.25) is 0 Å². The molecule has 0 bridgehead atoms. The number of carbonyl (C=O) groups excluding carboxylic acids is 1. The van der Waals surface area contributed by atoms with E-state index in [1.807, 2.05) is 18.2 Å². The molecule has 0 N–H and O–H groups in total. The molecule has 0 radical (unpaired) electrons. The summed E-state index contributed by atoms with van der Waals surface area (Å²) >= 11 is 0.